The van der Waals surface area contributed by atoms with E-state index in [2.05, 4.69) is 45.4 Å². The second-order valence-corrected chi connectivity index (χ2v) is 8.57. The first-order valence-electron chi connectivity index (χ1n) is 10.9. The Morgan fingerprint density at radius 2 is 1.70 bits per heavy atom. The van der Waals surface area contributed by atoms with Crippen LogP contribution in [0.3, 0.4) is 0 Å². The van der Waals surface area contributed by atoms with Crippen molar-refractivity contribution in [2.45, 2.75) is 69.6 Å². The average Bonchev–Trinajstić information content (AvgIpc) is 2.67. The standard InChI is InChI=1S/C22H35N5/c23-22(25-20-15-21(16-20)27-11-5-2-6-12-27)24-19-9-13-26(14-10-19)17-18-7-3-1-4-8-18/h1,3-4,7-8,19-21H,2,5-6,9-17H2,(H3,23,24,25). The minimum Gasteiger partial charge on any atom is -0.370 e. The highest BCUT2D eigenvalue weighted by Crippen LogP contribution is 2.28. The van der Waals surface area contributed by atoms with Crippen LogP contribution in [0.15, 0.2) is 35.3 Å². The van der Waals surface area contributed by atoms with Crippen LogP contribution in [0.1, 0.15) is 50.5 Å². The summed E-state index contributed by atoms with van der Waals surface area (Å²) in [6.45, 7) is 5.85. The van der Waals surface area contributed by atoms with E-state index in [1.54, 1.807) is 0 Å². The Hall–Kier alpha value is -1.59. The van der Waals surface area contributed by atoms with Gasteiger partial charge in [-0.3, -0.25) is 9.89 Å². The Labute approximate surface area is 164 Å². The number of rotatable bonds is 5. The molecule has 0 radical (unpaired) electrons. The van der Waals surface area contributed by atoms with Gasteiger partial charge in [0.2, 0.25) is 0 Å². The topological polar surface area (TPSA) is 56.9 Å². The van der Waals surface area contributed by atoms with Crippen molar-refractivity contribution >= 4 is 5.96 Å². The van der Waals surface area contributed by atoms with Crippen molar-refractivity contribution in [1.82, 2.24) is 15.1 Å². The molecule has 5 nitrogen and oxygen atoms in total. The van der Waals surface area contributed by atoms with E-state index in [0.717, 1.165) is 38.5 Å². The van der Waals surface area contributed by atoms with Gasteiger partial charge in [0.1, 0.15) is 0 Å². The van der Waals surface area contributed by atoms with Gasteiger partial charge in [0.25, 0.3) is 0 Å². The zero-order valence-corrected chi connectivity index (χ0v) is 16.5. The van der Waals surface area contributed by atoms with E-state index in [4.69, 9.17) is 10.7 Å². The second-order valence-electron chi connectivity index (χ2n) is 8.57. The van der Waals surface area contributed by atoms with Crippen LogP contribution in [0.2, 0.25) is 0 Å². The third-order valence-corrected chi connectivity index (χ3v) is 6.50. The molecule has 0 spiro atoms. The van der Waals surface area contributed by atoms with Gasteiger partial charge in [-0.15, -0.1) is 0 Å². The molecular formula is C22H35N5. The molecule has 3 aliphatic rings. The minimum absolute atomic E-state index is 0.377. The van der Waals surface area contributed by atoms with Gasteiger partial charge in [0.15, 0.2) is 5.96 Å². The molecular weight excluding hydrogens is 334 g/mol. The summed E-state index contributed by atoms with van der Waals surface area (Å²) in [4.78, 5) is 9.99. The van der Waals surface area contributed by atoms with Gasteiger partial charge < -0.3 is 16.0 Å². The Balaban J connectivity index is 1.16. The van der Waals surface area contributed by atoms with Gasteiger partial charge in [-0.2, -0.15) is 0 Å². The first-order valence-corrected chi connectivity index (χ1v) is 10.9. The lowest BCUT2D eigenvalue weighted by Crippen LogP contribution is -2.56. The summed E-state index contributed by atoms with van der Waals surface area (Å²) >= 11 is 0. The normalized spacial score (nSPS) is 28.7. The zero-order valence-electron chi connectivity index (χ0n) is 16.5. The van der Waals surface area contributed by atoms with Gasteiger partial charge in [-0.25, -0.2) is 0 Å². The van der Waals surface area contributed by atoms with Gasteiger partial charge in [0.05, 0.1) is 6.04 Å². The van der Waals surface area contributed by atoms with E-state index in [-0.39, 0.29) is 0 Å². The van der Waals surface area contributed by atoms with Gasteiger partial charge in [-0.1, -0.05) is 36.8 Å². The van der Waals surface area contributed by atoms with E-state index in [1.165, 1.54) is 50.8 Å². The summed E-state index contributed by atoms with van der Waals surface area (Å²) in [6.07, 6.45) is 8.83. The summed E-state index contributed by atoms with van der Waals surface area (Å²) in [7, 11) is 0. The van der Waals surface area contributed by atoms with Crippen molar-refractivity contribution in [2.24, 2.45) is 10.7 Å². The fourth-order valence-corrected chi connectivity index (χ4v) is 4.78. The van der Waals surface area contributed by atoms with E-state index in [1.807, 2.05) is 0 Å². The number of aliphatic imine (C=N–C) groups is 1. The van der Waals surface area contributed by atoms with E-state index in [9.17, 15) is 0 Å². The van der Waals surface area contributed by atoms with Crippen LogP contribution in [-0.2, 0) is 6.54 Å². The van der Waals surface area contributed by atoms with Gasteiger partial charge in [-0.05, 0) is 57.2 Å². The molecule has 5 heteroatoms. The van der Waals surface area contributed by atoms with E-state index in [0.29, 0.717) is 18.0 Å². The molecule has 2 heterocycles. The van der Waals surface area contributed by atoms with Crippen LogP contribution in [0, 0.1) is 0 Å². The first kappa shape index (κ1) is 18.8. The predicted molar refractivity (Wildman–Crippen MR) is 112 cm³/mol. The molecule has 0 bridgehead atoms. The zero-order chi connectivity index (χ0) is 18.5. The molecule has 2 saturated heterocycles. The number of guanidine groups is 1. The number of hydrogen-bond donors (Lipinski definition) is 2. The van der Waals surface area contributed by atoms with Crippen LogP contribution in [0.25, 0.3) is 0 Å². The summed E-state index contributed by atoms with van der Waals surface area (Å²) in [5.74, 6) is 0.665. The average molecular weight is 370 g/mol. The highest BCUT2D eigenvalue weighted by molar-refractivity contribution is 5.78. The van der Waals surface area contributed by atoms with Crippen LogP contribution in [0.5, 0.6) is 0 Å². The Morgan fingerprint density at radius 3 is 2.41 bits per heavy atom. The lowest BCUT2D eigenvalue weighted by Gasteiger charge is -2.44. The second kappa shape index (κ2) is 9.07. The number of likely N-dealkylation sites (tertiary alicyclic amines) is 2. The Morgan fingerprint density at radius 1 is 1.00 bits per heavy atom. The number of nitrogens with zero attached hydrogens (tertiary/aromatic N) is 3. The van der Waals surface area contributed by atoms with Crippen molar-refractivity contribution in [3.8, 4) is 0 Å². The smallest absolute Gasteiger partial charge is 0.189 e. The van der Waals surface area contributed by atoms with Crippen LogP contribution >= 0.6 is 0 Å². The van der Waals surface area contributed by atoms with Crippen molar-refractivity contribution in [1.29, 1.82) is 0 Å². The van der Waals surface area contributed by atoms with Crippen LogP contribution in [0.4, 0.5) is 0 Å². The fraction of sp³-hybridized carbons (Fsp3) is 0.682. The summed E-state index contributed by atoms with van der Waals surface area (Å²) in [6, 6.07) is 12.4. The molecule has 1 aromatic carbocycles. The molecule has 4 rings (SSSR count). The molecule has 1 saturated carbocycles. The Kier molecular flexibility index (Phi) is 6.30. The SMILES string of the molecule is NC(=NC1CCN(Cc2ccccc2)CC1)NC1CC(N2CCCCC2)C1. The number of piperidine rings is 2. The maximum Gasteiger partial charge on any atom is 0.189 e. The number of nitrogens with one attached hydrogen (secondary N) is 1. The lowest BCUT2D eigenvalue weighted by atomic mass is 9.84. The van der Waals surface area contributed by atoms with Crippen molar-refractivity contribution in [3.05, 3.63) is 35.9 Å². The highest BCUT2D eigenvalue weighted by atomic mass is 15.2. The molecule has 0 aromatic heterocycles. The lowest BCUT2D eigenvalue weighted by molar-refractivity contribution is 0.0845. The molecule has 148 valence electrons. The minimum atomic E-state index is 0.377. The molecule has 3 fully saturated rings. The summed E-state index contributed by atoms with van der Waals surface area (Å²) in [5.41, 5.74) is 7.61. The fourth-order valence-electron chi connectivity index (χ4n) is 4.78. The van der Waals surface area contributed by atoms with Crippen molar-refractivity contribution < 1.29 is 0 Å². The molecule has 27 heavy (non-hydrogen) atoms. The molecule has 1 aliphatic carbocycles. The van der Waals surface area contributed by atoms with Gasteiger partial charge >= 0.3 is 0 Å². The maximum atomic E-state index is 6.21. The Bertz CT molecular complexity index is 596. The molecule has 2 aliphatic heterocycles. The van der Waals surface area contributed by atoms with Crippen LogP contribution in [-0.4, -0.2) is 60.1 Å². The highest BCUT2D eigenvalue weighted by Gasteiger charge is 2.34. The summed E-state index contributed by atoms with van der Waals surface area (Å²) in [5, 5.41) is 3.47. The van der Waals surface area contributed by atoms with Crippen molar-refractivity contribution in [2.75, 3.05) is 26.2 Å². The largest absolute Gasteiger partial charge is 0.370 e. The first-order chi connectivity index (χ1) is 13.3. The molecule has 0 atom stereocenters. The quantitative estimate of drug-likeness (QED) is 0.619. The van der Waals surface area contributed by atoms with E-state index >= 15 is 0 Å². The van der Waals surface area contributed by atoms with E-state index < -0.39 is 0 Å². The maximum absolute atomic E-state index is 6.21. The molecule has 1 aromatic rings. The molecule has 0 amide bonds. The van der Waals surface area contributed by atoms with Crippen molar-refractivity contribution in [3.63, 3.8) is 0 Å². The van der Waals surface area contributed by atoms with Gasteiger partial charge in [0, 0.05) is 31.7 Å². The predicted octanol–water partition coefficient (Wildman–Crippen LogP) is 2.57. The number of hydrogen-bond acceptors (Lipinski definition) is 3. The van der Waals surface area contributed by atoms with Crippen LogP contribution < -0.4 is 11.1 Å². The summed E-state index contributed by atoms with van der Waals surface area (Å²) < 4.78 is 0. The monoisotopic (exact) mass is 369 g/mol. The number of nitrogens with two attached hydrogens (primary N) is 1. The molecule has 0 unspecified atom stereocenters. The number of benzene rings is 1. The third kappa shape index (κ3) is 5.23. The third-order valence-electron chi connectivity index (χ3n) is 6.50. The molecule has 3 N–H and O–H groups in total.